The van der Waals surface area contributed by atoms with E-state index in [0.29, 0.717) is 6.04 Å². The van der Waals surface area contributed by atoms with E-state index in [1.807, 2.05) is 13.1 Å². The minimum atomic E-state index is 0.603. The third-order valence-corrected chi connectivity index (χ3v) is 3.40. The summed E-state index contributed by atoms with van der Waals surface area (Å²) >= 11 is 0. The van der Waals surface area contributed by atoms with Gasteiger partial charge < -0.3 is 15.0 Å². The summed E-state index contributed by atoms with van der Waals surface area (Å²) in [5, 5.41) is 3.25. The number of ether oxygens (including phenoxy) is 1. The summed E-state index contributed by atoms with van der Waals surface area (Å²) in [4.78, 5) is 2.37. The largest absolute Gasteiger partial charge is 0.497 e. The number of hydrogen-bond donors (Lipinski definition) is 1. The van der Waals surface area contributed by atoms with Gasteiger partial charge in [-0.2, -0.15) is 0 Å². The number of methoxy groups -OCH3 is 1. The first-order valence-electron chi connectivity index (χ1n) is 5.80. The molecule has 1 aromatic carbocycles. The Bertz CT molecular complexity index is 365. The number of anilines is 1. The lowest BCUT2D eigenvalue weighted by atomic mass is 9.96. The number of nitrogens with one attached hydrogen (secondary N) is 1. The summed E-state index contributed by atoms with van der Waals surface area (Å²) in [5.74, 6) is 0.958. The van der Waals surface area contributed by atoms with Crippen molar-refractivity contribution in [2.75, 3.05) is 32.6 Å². The quantitative estimate of drug-likeness (QED) is 0.838. The number of benzene rings is 1. The van der Waals surface area contributed by atoms with Gasteiger partial charge >= 0.3 is 0 Å². The molecule has 0 aliphatic carbocycles. The van der Waals surface area contributed by atoms with Crippen molar-refractivity contribution in [3.8, 4) is 5.75 Å². The van der Waals surface area contributed by atoms with E-state index in [1.165, 1.54) is 17.7 Å². The molecule has 1 heterocycles. The smallest absolute Gasteiger partial charge is 0.119 e. The fraction of sp³-hybridized carbons (Fsp3) is 0.538. The number of hydrogen-bond acceptors (Lipinski definition) is 3. The number of nitrogens with zero attached hydrogens (tertiary/aromatic N) is 1. The molecule has 0 spiro atoms. The van der Waals surface area contributed by atoms with Crippen LogP contribution in [0.2, 0.25) is 0 Å². The lowest BCUT2D eigenvalue weighted by Gasteiger charge is -2.36. The van der Waals surface area contributed by atoms with Crippen LogP contribution in [0, 0.1) is 0 Å². The van der Waals surface area contributed by atoms with Gasteiger partial charge in [0.1, 0.15) is 5.75 Å². The second kappa shape index (κ2) is 4.74. The normalized spacial score (nSPS) is 19.4. The second-order valence-electron chi connectivity index (χ2n) is 4.36. The third-order valence-electron chi connectivity index (χ3n) is 3.40. The number of rotatable bonds is 3. The molecule has 1 unspecified atom stereocenters. The molecule has 0 amide bonds. The van der Waals surface area contributed by atoms with E-state index in [0.717, 1.165) is 18.7 Å². The summed E-state index contributed by atoms with van der Waals surface area (Å²) in [7, 11) is 5.90. The maximum absolute atomic E-state index is 5.26. The van der Waals surface area contributed by atoms with Crippen LogP contribution < -0.4 is 15.0 Å². The maximum Gasteiger partial charge on any atom is 0.119 e. The predicted molar refractivity (Wildman–Crippen MR) is 67.4 cm³/mol. The molecule has 0 aromatic heterocycles. The first-order chi connectivity index (χ1) is 7.76. The van der Waals surface area contributed by atoms with Crippen molar-refractivity contribution >= 4 is 5.69 Å². The van der Waals surface area contributed by atoms with Crippen LogP contribution in [-0.4, -0.2) is 33.8 Å². The highest BCUT2D eigenvalue weighted by atomic mass is 16.5. The summed E-state index contributed by atoms with van der Waals surface area (Å²) in [6, 6.07) is 6.96. The summed E-state index contributed by atoms with van der Waals surface area (Å²) < 4.78 is 5.26. The van der Waals surface area contributed by atoms with E-state index < -0.39 is 0 Å². The summed E-state index contributed by atoms with van der Waals surface area (Å²) in [6.07, 6.45) is 2.35. The number of likely N-dealkylation sites (N-methyl/N-ethyl adjacent to an activating group) is 2. The molecular formula is C13H20N2O. The van der Waals surface area contributed by atoms with E-state index in [-0.39, 0.29) is 0 Å². The molecule has 0 bridgehead atoms. The topological polar surface area (TPSA) is 24.5 Å². The van der Waals surface area contributed by atoms with Crippen molar-refractivity contribution in [3.63, 3.8) is 0 Å². The molecule has 1 aromatic rings. The molecule has 88 valence electrons. The van der Waals surface area contributed by atoms with Crippen LogP contribution in [0.15, 0.2) is 18.2 Å². The van der Waals surface area contributed by atoms with Gasteiger partial charge in [-0.25, -0.2) is 0 Å². The van der Waals surface area contributed by atoms with E-state index in [2.05, 4.69) is 29.4 Å². The van der Waals surface area contributed by atoms with Crippen LogP contribution in [0.5, 0.6) is 5.75 Å². The SMILES string of the molecule is CNCC1CCc2cc(OC)ccc2N1C. The van der Waals surface area contributed by atoms with Gasteiger partial charge in [-0.05, 0) is 43.7 Å². The fourth-order valence-corrected chi connectivity index (χ4v) is 2.42. The second-order valence-corrected chi connectivity index (χ2v) is 4.36. The highest BCUT2D eigenvalue weighted by molar-refractivity contribution is 5.58. The van der Waals surface area contributed by atoms with E-state index in [9.17, 15) is 0 Å². The third kappa shape index (κ3) is 2.00. The average Bonchev–Trinajstić information content (AvgIpc) is 2.32. The molecule has 1 N–H and O–H groups in total. The zero-order chi connectivity index (χ0) is 11.5. The maximum atomic E-state index is 5.26. The van der Waals surface area contributed by atoms with Crippen LogP contribution in [0.4, 0.5) is 5.69 Å². The predicted octanol–water partition coefficient (Wildman–Crippen LogP) is 1.67. The molecule has 0 radical (unpaired) electrons. The molecular weight excluding hydrogens is 200 g/mol. The van der Waals surface area contributed by atoms with Crippen LogP contribution >= 0.6 is 0 Å². The van der Waals surface area contributed by atoms with Crippen molar-refractivity contribution in [2.24, 2.45) is 0 Å². The Hall–Kier alpha value is -1.22. The molecule has 3 nitrogen and oxygen atoms in total. The first-order valence-corrected chi connectivity index (χ1v) is 5.80. The zero-order valence-electron chi connectivity index (χ0n) is 10.3. The Kier molecular flexibility index (Phi) is 3.34. The zero-order valence-corrected chi connectivity index (χ0v) is 10.3. The molecule has 2 rings (SSSR count). The Morgan fingerprint density at radius 1 is 1.50 bits per heavy atom. The van der Waals surface area contributed by atoms with Crippen molar-refractivity contribution < 1.29 is 4.74 Å². The number of aryl methyl sites for hydroxylation is 1. The monoisotopic (exact) mass is 220 g/mol. The molecule has 0 saturated heterocycles. The minimum Gasteiger partial charge on any atom is -0.497 e. The molecule has 3 heteroatoms. The molecule has 0 saturated carbocycles. The Morgan fingerprint density at radius 3 is 3.00 bits per heavy atom. The van der Waals surface area contributed by atoms with Gasteiger partial charge in [0.15, 0.2) is 0 Å². The van der Waals surface area contributed by atoms with Crippen LogP contribution in [-0.2, 0) is 6.42 Å². The summed E-state index contributed by atoms with van der Waals surface area (Å²) in [5.41, 5.74) is 2.74. The highest BCUT2D eigenvalue weighted by Crippen LogP contribution is 2.31. The van der Waals surface area contributed by atoms with E-state index in [4.69, 9.17) is 4.74 Å². The molecule has 0 fully saturated rings. The van der Waals surface area contributed by atoms with Crippen molar-refractivity contribution in [1.82, 2.24) is 5.32 Å². The van der Waals surface area contributed by atoms with Crippen molar-refractivity contribution in [1.29, 1.82) is 0 Å². The number of fused-ring (bicyclic) bond motifs is 1. The van der Waals surface area contributed by atoms with Crippen LogP contribution in [0.25, 0.3) is 0 Å². The van der Waals surface area contributed by atoms with E-state index >= 15 is 0 Å². The van der Waals surface area contributed by atoms with E-state index in [1.54, 1.807) is 7.11 Å². The van der Waals surface area contributed by atoms with Crippen LogP contribution in [0.3, 0.4) is 0 Å². The van der Waals surface area contributed by atoms with Gasteiger partial charge in [0, 0.05) is 25.3 Å². The van der Waals surface area contributed by atoms with Crippen molar-refractivity contribution in [2.45, 2.75) is 18.9 Å². The van der Waals surface area contributed by atoms with Gasteiger partial charge in [-0.3, -0.25) is 0 Å². The van der Waals surface area contributed by atoms with Gasteiger partial charge in [-0.15, -0.1) is 0 Å². The molecule has 16 heavy (non-hydrogen) atoms. The summed E-state index contributed by atoms with van der Waals surface area (Å²) in [6.45, 7) is 1.04. The van der Waals surface area contributed by atoms with Gasteiger partial charge in [0.2, 0.25) is 0 Å². The standard InChI is InChI=1S/C13H20N2O/c1-14-9-11-5-4-10-8-12(16-3)6-7-13(10)15(11)2/h6-8,11,14H,4-5,9H2,1-3H3. The van der Waals surface area contributed by atoms with Crippen molar-refractivity contribution in [3.05, 3.63) is 23.8 Å². The average molecular weight is 220 g/mol. The molecule has 1 aliphatic rings. The molecule has 1 aliphatic heterocycles. The van der Waals surface area contributed by atoms with Crippen LogP contribution in [0.1, 0.15) is 12.0 Å². The van der Waals surface area contributed by atoms with Gasteiger partial charge in [0.05, 0.1) is 7.11 Å². The van der Waals surface area contributed by atoms with Gasteiger partial charge in [-0.1, -0.05) is 0 Å². The highest BCUT2D eigenvalue weighted by Gasteiger charge is 2.22. The van der Waals surface area contributed by atoms with Gasteiger partial charge in [0.25, 0.3) is 0 Å². The molecule has 1 atom stereocenters. The fourth-order valence-electron chi connectivity index (χ4n) is 2.42. The lowest BCUT2D eigenvalue weighted by molar-refractivity contribution is 0.413. The Labute approximate surface area is 97.4 Å². The first kappa shape index (κ1) is 11.3. The Morgan fingerprint density at radius 2 is 2.31 bits per heavy atom. The Balaban J connectivity index is 2.24. The lowest BCUT2D eigenvalue weighted by Crippen LogP contribution is -2.42. The minimum absolute atomic E-state index is 0.603.